The van der Waals surface area contributed by atoms with E-state index in [1.165, 1.54) is 23.5 Å². The molecule has 2 unspecified atom stereocenters. The Hall–Kier alpha value is -0.670. The molecule has 3 heteroatoms. The number of aromatic hydroxyl groups is 1. The Kier molecular flexibility index (Phi) is 4.13. The molecule has 1 aliphatic rings. The molecule has 1 heterocycles. The number of nitrogens with one attached hydrogen (secondary N) is 1. The first-order valence-electron chi connectivity index (χ1n) is 5.82. The molecule has 1 aromatic carbocycles. The molecule has 1 fully saturated rings. The summed E-state index contributed by atoms with van der Waals surface area (Å²) >= 11 is 2.06. The summed E-state index contributed by atoms with van der Waals surface area (Å²) in [6.07, 6.45) is 1.32. The zero-order chi connectivity index (χ0) is 11.4. The average molecular weight is 237 g/mol. The molecule has 1 aromatic rings. The first kappa shape index (κ1) is 11.8. The van der Waals surface area contributed by atoms with Gasteiger partial charge in [-0.25, -0.2) is 0 Å². The minimum atomic E-state index is 0.354. The first-order valence-corrected chi connectivity index (χ1v) is 6.98. The van der Waals surface area contributed by atoms with E-state index in [0.717, 1.165) is 12.5 Å². The van der Waals surface area contributed by atoms with Crippen molar-refractivity contribution < 1.29 is 5.11 Å². The molecular formula is C13H19NOS. The second-order valence-corrected chi connectivity index (χ2v) is 5.53. The molecule has 0 aromatic heterocycles. The van der Waals surface area contributed by atoms with Gasteiger partial charge in [0.05, 0.1) is 0 Å². The molecule has 0 bridgehead atoms. The Morgan fingerprint density at radius 3 is 2.75 bits per heavy atom. The van der Waals surface area contributed by atoms with E-state index >= 15 is 0 Å². The number of phenolic OH excluding ortho intramolecular Hbond substituents is 1. The van der Waals surface area contributed by atoms with Gasteiger partial charge in [-0.15, -0.1) is 0 Å². The topological polar surface area (TPSA) is 32.3 Å². The van der Waals surface area contributed by atoms with Crippen molar-refractivity contribution in [3.05, 3.63) is 29.8 Å². The molecule has 16 heavy (non-hydrogen) atoms. The predicted octanol–water partition coefficient (Wildman–Crippen LogP) is 2.45. The van der Waals surface area contributed by atoms with Gasteiger partial charge in [0.1, 0.15) is 5.75 Å². The lowest BCUT2D eigenvalue weighted by atomic mass is 9.85. The summed E-state index contributed by atoms with van der Waals surface area (Å²) in [4.78, 5) is 0. The largest absolute Gasteiger partial charge is 0.508 e. The molecule has 0 saturated carbocycles. The van der Waals surface area contributed by atoms with Gasteiger partial charge < -0.3 is 10.4 Å². The van der Waals surface area contributed by atoms with Crippen LogP contribution < -0.4 is 5.32 Å². The number of hydrogen-bond acceptors (Lipinski definition) is 3. The van der Waals surface area contributed by atoms with Crippen LogP contribution in [0.3, 0.4) is 0 Å². The lowest BCUT2D eigenvalue weighted by molar-refractivity contribution is 0.450. The van der Waals surface area contributed by atoms with Crippen LogP contribution in [0.1, 0.15) is 17.9 Å². The minimum absolute atomic E-state index is 0.354. The molecule has 0 aliphatic carbocycles. The quantitative estimate of drug-likeness (QED) is 0.843. The van der Waals surface area contributed by atoms with E-state index in [9.17, 15) is 5.11 Å². The molecular weight excluding hydrogens is 218 g/mol. The fourth-order valence-electron chi connectivity index (χ4n) is 2.37. The standard InChI is InChI=1S/C13H19NOS/c1-14-8-13(11-6-7-16-9-11)10-2-4-12(15)5-3-10/h2-5,11,13-15H,6-9H2,1H3. The summed E-state index contributed by atoms with van der Waals surface area (Å²) in [6.45, 7) is 1.02. The number of benzene rings is 1. The van der Waals surface area contributed by atoms with Crippen molar-refractivity contribution in [2.75, 3.05) is 25.1 Å². The zero-order valence-electron chi connectivity index (χ0n) is 9.65. The maximum absolute atomic E-state index is 9.31. The lowest BCUT2D eigenvalue weighted by Crippen LogP contribution is -2.24. The van der Waals surface area contributed by atoms with E-state index in [1.807, 2.05) is 7.05 Å². The van der Waals surface area contributed by atoms with E-state index in [4.69, 9.17) is 0 Å². The second kappa shape index (κ2) is 5.60. The van der Waals surface area contributed by atoms with Crippen molar-refractivity contribution in [1.82, 2.24) is 5.32 Å². The van der Waals surface area contributed by atoms with Gasteiger partial charge in [0.25, 0.3) is 0 Å². The molecule has 1 aliphatic heterocycles. The maximum Gasteiger partial charge on any atom is 0.115 e. The fourth-order valence-corrected chi connectivity index (χ4v) is 3.71. The maximum atomic E-state index is 9.31. The smallest absolute Gasteiger partial charge is 0.115 e. The number of thioether (sulfide) groups is 1. The van der Waals surface area contributed by atoms with E-state index in [1.54, 1.807) is 12.1 Å². The number of rotatable bonds is 4. The summed E-state index contributed by atoms with van der Waals surface area (Å²) in [7, 11) is 2.01. The number of hydrogen-bond donors (Lipinski definition) is 2. The third-order valence-electron chi connectivity index (χ3n) is 3.28. The monoisotopic (exact) mass is 237 g/mol. The van der Waals surface area contributed by atoms with E-state index < -0.39 is 0 Å². The van der Waals surface area contributed by atoms with Crippen molar-refractivity contribution in [3.63, 3.8) is 0 Å². The molecule has 1 saturated heterocycles. The highest BCUT2D eigenvalue weighted by atomic mass is 32.2. The zero-order valence-corrected chi connectivity index (χ0v) is 10.5. The molecule has 2 rings (SSSR count). The highest BCUT2D eigenvalue weighted by molar-refractivity contribution is 7.99. The number of phenols is 1. The van der Waals surface area contributed by atoms with Crippen LogP contribution in [0.15, 0.2) is 24.3 Å². The SMILES string of the molecule is CNCC(c1ccc(O)cc1)C1CCSC1. The van der Waals surface area contributed by atoms with Crippen molar-refractivity contribution in [2.24, 2.45) is 5.92 Å². The van der Waals surface area contributed by atoms with Crippen LogP contribution in [0, 0.1) is 5.92 Å². The van der Waals surface area contributed by atoms with Gasteiger partial charge in [-0.05, 0) is 54.5 Å². The third kappa shape index (κ3) is 2.71. The Labute approximate surface area is 101 Å². The Morgan fingerprint density at radius 1 is 1.44 bits per heavy atom. The summed E-state index contributed by atoms with van der Waals surface area (Å²) < 4.78 is 0. The predicted molar refractivity (Wildman–Crippen MR) is 70.2 cm³/mol. The summed E-state index contributed by atoms with van der Waals surface area (Å²) in [5.74, 6) is 4.28. The molecule has 2 N–H and O–H groups in total. The van der Waals surface area contributed by atoms with Gasteiger partial charge in [-0.2, -0.15) is 11.8 Å². The lowest BCUT2D eigenvalue weighted by Gasteiger charge is -2.23. The first-order chi connectivity index (χ1) is 7.81. The van der Waals surface area contributed by atoms with Crippen LogP contribution in [-0.4, -0.2) is 30.2 Å². The van der Waals surface area contributed by atoms with Crippen LogP contribution in [0.2, 0.25) is 0 Å². The van der Waals surface area contributed by atoms with Gasteiger partial charge in [0, 0.05) is 6.54 Å². The van der Waals surface area contributed by atoms with Gasteiger partial charge in [0.2, 0.25) is 0 Å². The highest BCUT2D eigenvalue weighted by Gasteiger charge is 2.26. The van der Waals surface area contributed by atoms with Gasteiger partial charge >= 0.3 is 0 Å². The Bertz CT molecular complexity index is 319. The number of likely N-dealkylation sites (N-methyl/N-ethyl adjacent to an activating group) is 1. The van der Waals surface area contributed by atoms with Crippen molar-refractivity contribution in [2.45, 2.75) is 12.3 Å². The van der Waals surface area contributed by atoms with Gasteiger partial charge in [-0.1, -0.05) is 12.1 Å². The Balaban J connectivity index is 2.14. The van der Waals surface area contributed by atoms with Crippen LogP contribution in [0.25, 0.3) is 0 Å². The summed E-state index contributed by atoms with van der Waals surface area (Å²) in [5, 5.41) is 12.6. The molecule has 0 radical (unpaired) electrons. The van der Waals surface area contributed by atoms with Crippen molar-refractivity contribution in [3.8, 4) is 5.75 Å². The van der Waals surface area contributed by atoms with Crippen LogP contribution in [0.4, 0.5) is 0 Å². The average Bonchev–Trinajstić information content (AvgIpc) is 2.81. The second-order valence-electron chi connectivity index (χ2n) is 4.38. The minimum Gasteiger partial charge on any atom is -0.508 e. The summed E-state index contributed by atoms with van der Waals surface area (Å²) in [5.41, 5.74) is 1.35. The van der Waals surface area contributed by atoms with E-state index in [-0.39, 0.29) is 0 Å². The molecule has 2 nitrogen and oxygen atoms in total. The van der Waals surface area contributed by atoms with Crippen LogP contribution in [-0.2, 0) is 0 Å². The third-order valence-corrected chi connectivity index (χ3v) is 4.47. The molecule has 88 valence electrons. The van der Waals surface area contributed by atoms with E-state index in [2.05, 4.69) is 29.2 Å². The van der Waals surface area contributed by atoms with Gasteiger partial charge in [0.15, 0.2) is 0 Å². The highest BCUT2D eigenvalue weighted by Crippen LogP contribution is 2.35. The fraction of sp³-hybridized carbons (Fsp3) is 0.538. The van der Waals surface area contributed by atoms with Crippen molar-refractivity contribution in [1.29, 1.82) is 0 Å². The van der Waals surface area contributed by atoms with Crippen LogP contribution >= 0.6 is 11.8 Å². The van der Waals surface area contributed by atoms with Crippen molar-refractivity contribution >= 4 is 11.8 Å². The van der Waals surface area contributed by atoms with Gasteiger partial charge in [-0.3, -0.25) is 0 Å². The molecule has 0 amide bonds. The van der Waals surface area contributed by atoms with Crippen LogP contribution in [0.5, 0.6) is 5.75 Å². The molecule has 0 spiro atoms. The van der Waals surface area contributed by atoms with E-state index in [0.29, 0.717) is 11.7 Å². The summed E-state index contributed by atoms with van der Waals surface area (Å²) in [6, 6.07) is 7.70. The normalized spacial score (nSPS) is 22.2. The molecule has 2 atom stereocenters. The Morgan fingerprint density at radius 2 is 2.19 bits per heavy atom.